The minimum absolute atomic E-state index is 0.0666. The number of nitrogens with zero attached hydrogens (tertiary/aromatic N) is 4. The third kappa shape index (κ3) is 4.84. The number of hydrogen-bond donors (Lipinski definition) is 0. The summed E-state index contributed by atoms with van der Waals surface area (Å²) in [5, 5.41) is 0. The summed E-state index contributed by atoms with van der Waals surface area (Å²) in [4.78, 5) is 24.5. The van der Waals surface area contributed by atoms with Gasteiger partial charge in [-0.2, -0.15) is 0 Å². The van der Waals surface area contributed by atoms with Crippen LogP contribution in [-0.2, 0) is 11.2 Å². The number of ether oxygens (including phenoxy) is 1. The lowest BCUT2D eigenvalue weighted by molar-refractivity contribution is -0.274. The van der Waals surface area contributed by atoms with Crippen molar-refractivity contribution in [3.05, 3.63) is 48.3 Å². The van der Waals surface area contributed by atoms with Gasteiger partial charge >= 0.3 is 6.36 Å². The molecule has 3 rings (SSSR count). The number of benzene rings is 1. The maximum absolute atomic E-state index is 12.4. The number of aromatic nitrogens is 2. The molecule has 0 atom stereocenters. The van der Waals surface area contributed by atoms with Crippen molar-refractivity contribution >= 4 is 11.9 Å². The lowest BCUT2D eigenvalue weighted by atomic mass is 10.1. The Labute approximate surface area is 148 Å². The van der Waals surface area contributed by atoms with Gasteiger partial charge < -0.3 is 14.5 Å². The summed E-state index contributed by atoms with van der Waals surface area (Å²) in [5.74, 6) is 0.271. The number of amides is 1. The molecule has 0 N–H and O–H groups in total. The van der Waals surface area contributed by atoms with Crippen molar-refractivity contribution in [3.8, 4) is 5.75 Å². The molecule has 1 saturated heterocycles. The minimum atomic E-state index is -4.72. The molecule has 0 radical (unpaired) electrons. The van der Waals surface area contributed by atoms with Gasteiger partial charge in [-0.3, -0.25) is 4.79 Å². The number of halogens is 3. The van der Waals surface area contributed by atoms with Crippen LogP contribution in [0.25, 0.3) is 0 Å². The van der Waals surface area contributed by atoms with Crippen molar-refractivity contribution in [1.29, 1.82) is 0 Å². The molecule has 1 fully saturated rings. The van der Waals surface area contributed by atoms with E-state index >= 15 is 0 Å². The standard InChI is InChI=1S/C17H17F3N4O2/c18-17(19,20)26-14-4-2-13(3-5-14)12-15(25)23-8-10-24(11-9-23)16-21-6-1-7-22-16/h1-7H,8-12H2. The number of rotatable bonds is 4. The summed E-state index contributed by atoms with van der Waals surface area (Å²) in [6.45, 7) is 2.36. The monoisotopic (exact) mass is 366 g/mol. The highest BCUT2D eigenvalue weighted by atomic mass is 19.4. The highest BCUT2D eigenvalue weighted by molar-refractivity contribution is 5.79. The molecule has 0 bridgehead atoms. The molecule has 0 spiro atoms. The van der Waals surface area contributed by atoms with E-state index in [1.54, 1.807) is 23.4 Å². The largest absolute Gasteiger partial charge is 0.573 e. The van der Waals surface area contributed by atoms with E-state index in [2.05, 4.69) is 14.7 Å². The molecule has 138 valence electrons. The lowest BCUT2D eigenvalue weighted by Crippen LogP contribution is -2.49. The molecular weight excluding hydrogens is 349 g/mol. The van der Waals surface area contributed by atoms with Crippen LogP contribution in [0.15, 0.2) is 42.7 Å². The number of piperazine rings is 1. The van der Waals surface area contributed by atoms with Crippen LogP contribution >= 0.6 is 0 Å². The molecule has 26 heavy (non-hydrogen) atoms. The van der Waals surface area contributed by atoms with Gasteiger partial charge in [0.2, 0.25) is 11.9 Å². The van der Waals surface area contributed by atoms with E-state index in [4.69, 9.17) is 0 Å². The SMILES string of the molecule is O=C(Cc1ccc(OC(F)(F)F)cc1)N1CCN(c2ncccn2)CC1. The molecule has 2 heterocycles. The predicted octanol–water partition coefficient (Wildman–Crippen LogP) is 2.27. The van der Waals surface area contributed by atoms with E-state index in [0.717, 1.165) is 0 Å². The molecule has 1 amide bonds. The van der Waals surface area contributed by atoms with Gasteiger partial charge in [-0.25, -0.2) is 9.97 Å². The van der Waals surface area contributed by atoms with E-state index in [1.165, 1.54) is 24.3 Å². The van der Waals surface area contributed by atoms with Crippen LogP contribution in [0.1, 0.15) is 5.56 Å². The molecule has 1 aliphatic rings. The zero-order chi connectivity index (χ0) is 18.6. The molecule has 0 aliphatic carbocycles. The number of alkyl halides is 3. The smallest absolute Gasteiger partial charge is 0.406 e. The Bertz CT molecular complexity index is 730. The second-order valence-corrected chi connectivity index (χ2v) is 5.79. The summed E-state index contributed by atoms with van der Waals surface area (Å²) in [7, 11) is 0. The third-order valence-corrected chi connectivity index (χ3v) is 3.98. The summed E-state index contributed by atoms with van der Waals surface area (Å²) in [6.07, 6.45) is -1.24. The second-order valence-electron chi connectivity index (χ2n) is 5.79. The molecule has 1 aliphatic heterocycles. The fourth-order valence-corrected chi connectivity index (χ4v) is 2.71. The lowest BCUT2D eigenvalue weighted by Gasteiger charge is -2.34. The van der Waals surface area contributed by atoms with Crippen LogP contribution in [0.2, 0.25) is 0 Å². The fourth-order valence-electron chi connectivity index (χ4n) is 2.71. The van der Waals surface area contributed by atoms with Crippen LogP contribution in [-0.4, -0.2) is 53.3 Å². The topological polar surface area (TPSA) is 58.6 Å². The summed E-state index contributed by atoms with van der Waals surface area (Å²) >= 11 is 0. The van der Waals surface area contributed by atoms with Crippen LogP contribution in [0.4, 0.5) is 19.1 Å². The van der Waals surface area contributed by atoms with Crippen molar-refractivity contribution in [2.45, 2.75) is 12.8 Å². The van der Waals surface area contributed by atoms with Crippen molar-refractivity contribution in [2.24, 2.45) is 0 Å². The Kier molecular flexibility index (Phi) is 5.24. The molecule has 0 unspecified atom stereocenters. The second kappa shape index (κ2) is 7.59. The first kappa shape index (κ1) is 18.0. The van der Waals surface area contributed by atoms with Crippen LogP contribution in [0, 0.1) is 0 Å². The number of anilines is 1. The van der Waals surface area contributed by atoms with Crippen LogP contribution in [0.3, 0.4) is 0 Å². The van der Waals surface area contributed by atoms with Crippen LogP contribution < -0.4 is 9.64 Å². The maximum Gasteiger partial charge on any atom is 0.573 e. The maximum atomic E-state index is 12.4. The van der Waals surface area contributed by atoms with Gasteiger partial charge in [0.25, 0.3) is 0 Å². The van der Waals surface area contributed by atoms with Gasteiger partial charge in [-0.1, -0.05) is 12.1 Å². The molecule has 2 aromatic rings. The van der Waals surface area contributed by atoms with Crippen molar-refractivity contribution < 1.29 is 22.7 Å². The normalized spacial score (nSPS) is 15.0. The minimum Gasteiger partial charge on any atom is -0.406 e. The van der Waals surface area contributed by atoms with Gasteiger partial charge in [0.1, 0.15) is 5.75 Å². The van der Waals surface area contributed by atoms with Gasteiger partial charge in [0.05, 0.1) is 6.42 Å². The Balaban J connectivity index is 1.51. The number of hydrogen-bond acceptors (Lipinski definition) is 5. The third-order valence-electron chi connectivity index (χ3n) is 3.98. The average Bonchev–Trinajstić information content (AvgIpc) is 2.63. The Morgan fingerprint density at radius 3 is 2.23 bits per heavy atom. The van der Waals surface area contributed by atoms with Crippen molar-refractivity contribution in [2.75, 3.05) is 31.1 Å². The Morgan fingerprint density at radius 1 is 1.04 bits per heavy atom. The quantitative estimate of drug-likeness (QED) is 0.831. The zero-order valence-corrected chi connectivity index (χ0v) is 13.8. The van der Waals surface area contributed by atoms with E-state index < -0.39 is 6.36 Å². The van der Waals surface area contributed by atoms with Gasteiger partial charge in [0, 0.05) is 38.6 Å². The van der Waals surface area contributed by atoms with E-state index in [-0.39, 0.29) is 18.1 Å². The summed E-state index contributed by atoms with van der Waals surface area (Å²) in [6, 6.07) is 7.09. The first-order chi connectivity index (χ1) is 12.4. The Hall–Kier alpha value is -2.84. The molecule has 1 aromatic heterocycles. The number of carbonyl (C=O) groups is 1. The van der Waals surface area contributed by atoms with E-state index in [9.17, 15) is 18.0 Å². The highest BCUT2D eigenvalue weighted by Crippen LogP contribution is 2.23. The predicted molar refractivity (Wildman–Crippen MR) is 87.7 cm³/mol. The van der Waals surface area contributed by atoms with Crippen molar-refractivity contribution in [1.82, 2.24) is 14.9 Å². The fraction of sp³-hybridized carbons (Fsp3) is 0.353. The van der Waals surface area contributed by atoms with E-state index in [0.29, 0.717) is 37.7 Å². The molecule has 6 nitrogen and oxygen atoms in total. The van der Waals surface area contributed by atoms with Crippen LogP contribution in [0.5, 0.6) is 5.75 Å². The van der Waals surface area contributed by atoms with Crippen molar-refractivity contribution in [3.63, 3.8) is 0 Å². The van der Waals surface area contributed by atoms with Gasteiger partial charge in [-0.15, -0.1) is 13.2 Å². The zero-order valence-electron chi connectivity index (χ0n) is 13.8. The highest BCUT2D eigenvalue weighted by Gasteiger charge is 2.31. The summed E-state index contributed by atoms with van der Waals surface area (Å²) < 4.78 is 40.3. The first-order valence-electron chi connectivity index (χ1n) is 8.05. The molecule has 9 heteroatoms. The van der Waals surface area contributed by atoms with Gasteiger partial charge in [0.15, 0.2) is 0 Å². The summed E-state index contributed by atoms with van der Waals surface area (Å²) in [5.41, 5.74) is 0.637. The number of carbonyl (C=O) groups excluding carboxylic acids is 1. The molecule has 0 saturated carbocycles. The first-order valence-corrected chi connectivity index (χ1v) is 8.05. The average molecular weight is 366 g/mol. The van der Waals surface area contributed by atoms with Gasteiger partial charge in [-0.05, 0) is 23.8 Å². The molecular formula is C17H17F3N4O2. The molecule has 1 aromatic carbocycles. The Morgan fingerprint density at radius 2 is 1.65 bits per heavy atom. The van der Waals surface area contributed by atoms with E-state index in [1.807, 2.05) is 4.90 Å².